The average molecular weight is 388 g/mol. The van der Waals surface area contributed by atoms with Gasteiger partial charge in [0.15, 0.2) is 5.65 Å². The molecule has 0 saturated heterocycles. The van der Waals surface area contributed by atoms with Gasteiger partial charge in [0.1, 0.15) is 6.04 Å². The van der Waals surface area contributed by atoms with Crippen LogP contribution in [0.4, 0.5) is 0 Å². The van der Waals surface area contributed by atoms with Crippen LogP contribution < -0.4 is 10.9 Å². The molecule has 1 atom stereocenters. The smallest absolute Gasteiger partial charge is 0.273 e. The van der Waals surface area contributed by atoms with E-state index in [0.29, 0.717) is 18.6 Å². The van der Waals surface area contributed by atoms with E-state index in [-0.39, 0.29) is 11.5 Å². The van der Waals surface area contributed by atoms with Crippen molar-refractivity contribution in [2.75, 3.05) is 0 Å². The molecule has 1 unspecified atom stereocenters. The SMILES string of the molecule is CCC(C(=O)NCc1ccccc1C)n1c2ccccc2c2nc(=O)cc(C)n21. The number of benzene rings is 2. The Morgan fingerprint density at radius 3 is 2.59 bits per heavy atom. The number of nitrogens with zero attached hydrogens (tertiary/aromatic N) is 3. The topological polar surface area (TPSA) is 68.4 Å². The molecule has 2 aromatic heterocycles. The third-order valence-corrected chi connectivity index (χ3v) is 5.39. The fourth-order valence-electron chi connectivity index (χ4n) is 3.89. The Balaban J connectivity index is 1.79. The third kappa shape index (κ3) is 3.31. The molecular formula is C23H24N4O2. The molecule has 4 aromatic rings. The van der Waals surface area contributed by atoms with Gasteiger partial charge in [0, 0.05) is 23.7 Å². The van der Waals surface area contributed by atoms with Crippen LogP contribution in [0, 0.1) is 13.8 Å². The van der Waals surface area contributed by atoms with Gasteiger partial charge in [-0.2, -0.15) is 4.98 Å². The predicted octanol–water partition coefficient (Wildman–Crippen LogP) is 3.53. The number of nitrogens with one attached hydrogen (secondary N) is 1. The minimum atomic E-state index is -0.426. The van der Waals surface area contributed by atoms with Crippen molar-refractivity contribution >= 4 is 22.5 Å². The number of carbonyl (C=O) groups excluding carboxylic acids is 1. The molecule has 0 radical (unpaired) electrons. The van der Waals surface area contributed by atoms with Crippen LogP contribution in [-0.4, -0.2) is 20.1 Å². The zero-order chi connectivity index (χ0) is 20.5. The molecule has 4 rings (SSSR count). The summed E-state index contributed by atoms with van der Waals surface area (Å²) in [4.78, 5) is 29.4. The molecule has 0 bridgehead atoms. The van der Waals surface area contributed by atoms with Crippen LogP contribution in [0.15, 0.2) is 59.4 Å². The number of aromatic nitrogens is 3. The first-order valence-corrected chi connectivity index (χ1v) is 9.83. The summed E-state index contributed by atoms with van der Waals surface area (Å²) in [7, 11) is 0. The zero-order valence-electron chi connectivity index (χ0n) is 16.8. The van der Waals surface area contributed by atoms with Crippen molar-refractivity contribution in [2.45, 2.75) is 39.8 Å². The van der Waals surface area contributed by atoms with Crippen LogP contribution >= 0.6 is 0 Å². The van der Waals surface area contributed by atoms with Crippen molar-refractivity contribution in [3.63, 3.8) is 0 Å². The van der Waals surface area contributed by atoms with Crippen molar-refractivity contribution < 1.29 is 4.79 Å². The fourth-order valence-corrected chi connectivity index (χ4v) is 3.89. The van der Waals surface area contributed by atoms with Crippen LogP contribution in [0.25, 0.3) is 16.6 Å². The van der Waals surface area contributed by atoms with Gasteiger partial charge in [-0.15, -0.1) is 0 Å². The zero-order valence-corrected chi connectivity index (χ0v) is 16.8. The van der Waals surface area contributed by atoms with Gasteiger partial charge in [-0.3, -0.25) is 14.3 Å². The Morgan fingerprint density at radius 2 is 1.83 bits per heavy atom. The van der Waals surface area contributed by atoms with Crippen LogP contribution in [0.5, 0.6) is 0 Å². The summed E-state index contributed by atoms with van der Waals surface area (Å²) < 4.78 is 3.84. The van der Waals surface area contributed by atoms with Crippen molar-refractivity contribution in [2.24, 2.45) is 0 Å². The van der Waals surface area contributed by atoms with Crippen molar-refractivity contribution in [1.29, 1.82) is 0 Å². The van der Waals surface area contributed by atoms with E-state index in [1.54, 1.807) is 0 Å². The quantitative estimate of drug-likeness (QED) is 0.569. The highest BCUT2D eigenvalue weighted by Gasteiger charge is 2.24. The molecule has 6 heteroatoms. The summed E-state index contributed by atoms with van der Waals surface area (Å²) in [6.45, 7) is 6.37. The average Bonchev–Trinajstić information content (AvgIpc) is 3.03. The van der Waals surface area contributed by atoms with Crippen LogP contribution in [0.2, 0.25) is 0 Å². The highest BCUT2D eigenvalue weighted by atomic mass is 16.2. The molecule has 0 spiro atoms. The van der Waals surface area contributed by atoms with E-state index in [1.807, 2.05) is 78.5 Å². The second kappa shape index (κ2) is 7.54. The normalized spacial score (nSPS) is 12.4. The first-order chi connectivity index (χ1) is 14.0. The molecule has 0 aliphatic carbocycles. The Hall–Kier alpha value is -3.41. The van der Waals surface area contributed by atoms with E-state index in [2.05, 4.69) is 10.3 Å². The number of hydrogen-bond acceptors (Lipinski definition) is 3. The van der Waals surface area contributed by atoms with Gasteiger partial charge in [0.05, 0.1) is 5.52 Å². The summed E-state index contributed by atoms with van der Waals surface area (Å²) >= 11 is 0. The van der Waals surface area contributed by atoms with Crippen LogP contribution in [0.1, 0.15) is 36.2 Å². The Morgan fingerprint density at radius 1 is 1.10 bits per heavy atom. The standard InChI is InChI=1S/C23H24N4O2/c1-4-19(23(29)24-14-17-10-6-5-9-15(17)2)27-20-12-8-7-11-18(20)22-25-21(28)13-16(3)26(22)27/h5-13,19H,4,14H2,1-3H3,(H,24,29). The maximum Gasteiger partial charge on any atom is 0.273 e. The number of rotatable bonds is 5. The minimum Gasteiger partial charge on any atom is -0.350 e. The van der Waals surface area contributed by atoms with E-state index in [0.717, 1.165) is 27.7 Å². The maximum absolute atomic E-state index is 13.2. The molecule has 1 N–H and O–H groups in total. The Labute approximate surface area is 168 Å². The predicted molar refractivity (Wildman–Crippen MR) is 114 cm³/mol. The monoisotopic (exact) mass is 388 g/mol. The van der Waals surface area contributed by atoms with Crippen molar-refractivity contribution in [3.8, 4) is 0 Å². The highest BCUT2D eigenvalue weighted by molar-refractivity contribution is 5.94. The Kier molecular flexibility index (Phi) is 4.92. The number of fused-ring (bicyclic) bond motifs is 3. The molecular weight excluding hydrogens is 364 g/mol. The van der Waals surface area contributed by atoms with Crippen molar-refractivity contribution in [1.82, 2.24) is 19.5 Å². The number of para-hydroxylation sites is 1. The van der Waals surface area contributed by atoms with Gasteiger partial charge >= 0.3 is 0 Å². The summed E-state index contributed by atoms with van der Waals surface area (Å²) in [6.07, 6.45) is 0.610. The largest absolute Gasteiger partial charge is 0.350 e. The van der Waals surface area contributed by atoms with Crippen LogP contribution in [0.3, 0.4) is 0 Å². The van der Waals surface area contributed by atoms with E-state index in [4.69, 9.17) is 0 Å². The highest BCUT2D eigenvalue weighted by Crippen LogP contribution is 2.26. The molecule has 2 aromatic carbocycles. The second-order valence-corrected chi connectivity index (χ2v) is 7.30. The lowest BCUT2D eigenvalue weighted by Crippen LogP contribution is -2.34. The molecule has 0 aliphatic heterocycles. The van der Waals surface area contributed by atoms with Crippen LogP contribution in [-0.2, 0) is 11.3 Å². The van der Waals surface area contributed by atoms with E-state index in [9.17, 15) is 9.59 Å². The first kappa shape index (κ1) is 18.9. The van der Waals surface area contributed by atoms with E-state index in [1.165, 1.54) is 6.07 Å². The van der Waals surface area contributed by atoms with Gasteiger partial charge in [0.25, 0.3) is 5.56 Å². The lowest BCUT2D eigenvalue weighted by molar-refractivity contribution is -0.124. The molecule has 0 aliphatic rings. The van der Waals surface area contributed by atoms with Gasteiger partial charge in [-0.25, -0.2) is 4.52 Å². The van der Waals surface area contributed by atoms with E-state index >= 15 is 0 Å². The Bertz CT molecular complexity index is 1270. The summed E-state index contributed by atoms with van der Waals surface area (Å²) in [6, 6.07) is 16.9. The van der Waals surface area contributed by atoms with Crippen molar-refractivity contribution in [3.05, 3.63) is 81.8 Å². The fraction of sp³-hybridized carbons (Fsp3) is 0.261. The molecule has 29 heavy (non-hydrogen) atoms. The minimum absolute atomic E-state index is 0.0588. The van der Waals surface area contributed by atoms with Gasteiger partial charge < -0.3 is 5.32 Å². The molecule has 1 amide bonds. The summed E-state index contributed by atoms with van der Waals surface area (Å²) in [5.41, 5.74) is 4.18. The molecule has 0 saturated carbocycles. The third-order valence-electron chi connectivity index (χ3n) is 5.39. The van der Waals surface area contributed by atoms with Gasteiger partial charge in [-0.05, 0) is 43.5 Å². The van der Waals surface area contributed by atoms with Gasteiger partial charge in [0.2, 0.25) is 5.91 Å². The first-order valence-electron chi connectivity index (χ1n) is 9.83. The lowest BCUT2D eigenvalue weighted by atomic mass is 10.1. The summed E-state index contributed by atoms with van der Waals surface area (Å²) in [5, 5.41) is 3.94. The number of aryl methyl sites for hydroxylation is 2. The number of hydrogen-bond donors (Lipinski definition) is 1. The molecule has 6 nitrogen and oxygen atoms in total. The molecule has 0 fully saturated rings. The molecule has 2 heterocycles. The van der Waals surface area contributed by atoms with Gasteiger partial charge in [-0.1, -0.05) is 43.3 Å². The lowest BCUT2D eigenvalue weighted by Gasteiger charge is -2.21. The number of carbonyl (C=O) groups is 1. The molecule has 148 valence electrons. The van der Waals surface area contributed by atoms with E-state index < -0.39 is 6.04 Å². The number of amides is 1. The summed E-state index contributed by atoms with van der Waals surface area (Å²) in [5.74, 6) is -0.0588. The second-order valence-electron chi connectivity index (χ2n) is 7.30. The maximum atomic E-state index is 13.2.